The van der Waals surface area contributed by atoms with Gasteiger partial charge in [0.1, 0.15) is 17.8 Å². The molecule has 1 aromatic rings. The number of halogens is 1. The van der Waals surface area contributed by atoms with Crippen LogP contribution in [0, 0.1) is 0 Å². The minimum Gasteiger partial charge on any atom is -0.468 e. The first-order chi connectivity index (χ1) is 9.10. The quantitative estimate of drug-likeness (QED) is 0.827. The van der Waals surface area contributed by atoms with E-state index in [-0.39, 0.29) is 17.8 Å². The number of nitrogens with one attached hydrogen (secondary N) is 1. The molecular formula is C12H13ClN2O4. The van der Waals surface area contributed by atoms with Gasteiger partial charge in [-0.1, -0.05) is 11.6 Å². The molecule has 1 N–H and O–H groups in total. The number of esters is 2. The van der Waals surface area contributed by atoms with Gasteiger partial charge in [0.05, 0.1) is 7.11 Å². The molecule has 2 rings (SSSR count). The summed E-state index contributed by atoms with van der Waals surface area (Å²) in [7, 11) is 1.32. The van der Waals surface area contributed by atoms with Crippen LogP contribution >= 0.6 is 11.6 Å². The number of methoxy groups -OCH3 is 1. The molecule has 0 unspecified atom stereocenters. The minimum absolute atomic E-state index is 0.147. The van der Waals surface area contributed by atoms with E-state index < -0.39 is 12.0 Å². The van der Waals surface area contributed by atoms with Gasteiger partial charge in [-0.05, 0) is 12.1 Å². The smallest absolute Gasteiger partial charge is 0.357 e. The van der Waals surface area contributed by atoms with Crippen LogP contribution in [-0.2, 0) is 14.3 Å². The molecule has 0 bridgehead atoms. The minimum atomic E-state index is -0.556. The van der Waals surface area contributed by atoms with Crippen LogP contribution < -0.4 is 5.32 Å². The maximum atomic E-state index is 11.8. The van der Waals surface area contributed by atoms with Crippen LogP contribution in [0.2, 0.25) is 5.02 Å². The van der Waals surface area contributed by atoms with E-state index in [2.05, 4.69) is 15.0 Å². The van der Waals surface area contributed by atoms with Crippen LogP contribution in [0.1, 0.15) is 16.9 Å². The Bertz CT molecular complexity index is 494. The van der Waals surface area contributed by atoms with Crippen molar-refractivity contribution in [1.29, 1.82) is 0 Å². The molecule has 2 heterocycles. The van der Waals surface area contributed by atoms with Crippen molar-refractivity contribution < 1.29 is 19.1 Å². The van der Waals surface area contributed by atoms with Gasteiger partial charge in [-0.3, -0.25) is 4.79 Å². The molecular weight excluding hydrogens is 272 g/mol. The van der Waals surface area contributed by atoms with Crippen LogP contribution in [-0.4, -0.2) is 42.7 Å². The molecule has 1 fully saturated rings. The lowest BCUT2D eigenvalue weighted by molar-refractivity contribution is -0.142. The lowest BCUT2D eigenvalue weighted by Gasteiger charge is -2.10. The number of rotatable bonds is 3. The fourth-order valence-corrected chi connectivity index (χ4v) is 2.00. The molecule has 19 heavy (non-hydrogen) atoms. The molecule has 7 heteroatoms. The second-order valence-electron chi connectivity index (χ2n) is 4.11. The zero-order valence-corrected chi connectivity index (χ0v) is 11.0. The highest BCUT2D eigenvalue weighted by atomic mass is 35.5. The number of hydrogen-bond donors (Lipinski definition) is 1. The van der Waals surface area contributed by atoms with Crippen LogP contribution in [0.15, 0.2) is 18.3 Å². The molecule has 6 nitrogen and oxygen atoms in total. The second-order valence-corrected chi connectivity index (χ2v) is 4.54. The average molecular weight is 285 g/mol. The SMILES string of the molecule is COC(=O)[C@@H]1C[C@H](OC(=O)c2cc(Cl)ccn2)CN1. The normalized spacial score (nSPS) is 22.0. The molecule has 0 radical (unpaired) electrons. The molecule has 1 aliphatic heterocycles. The molecule has 2 atom stereocenters. The summed E-state index contributed by atoms with van der Waals surface area (Å²) < 4.78 is 9.86. The Kier molecular flexibility index (Phi) is 4.34. The summed E-state index contributed by atoms with van der Waals surface area (Å²) in [5.74, 6) is -0.917. The Labute approximate surface area is 115 Å². The summed E-state index contributed by atoms with van der Waals surface area (Å²) in [5.41, 5.74) is 0.147. The van der Waals surface area contributed by atoms with Gasteiger partial charge in [-0.15, -0.1) is 0 Å². The number of carbonyl (C=O) groups excluding carboxylic acids is 2. The zero-order chi connectivity index (χ0) is 13.8. The molecule has 0 amide bonds. The van der Waals surface area contributed by atoms with Crippen molar-refractivity contribution in [2.75, 3.05) is 13.7 Å². The first-order valence-electron chi connectivity index (χ1n) is 5.74. The van der Waals surface area contributed by atoms with Crippen LogP contribution in [0.5, 0.6) is 0 Å². The van der Waals surface area contributed by atoms with Gasteiger partial charge in [0, 0.05) is 24.2 Å². The summed E-state index contributed by atoms with van der Waals surface area (Å²) >= 11 is 5.77. The Hall–Kier alpha value is -1.66. The number of carbonyl (C=O) groups is 2. The van der Waals surface area contributed by atoms with Gasteiger partial charge in [0.15, 0.2) is 0 Å². The van der Waals surface area contributed by atoms with Crippen molar-refractivity contribution in [1.82, 2.24) is 10.3 Å². The first-order valence-corrected chi connectivity index (χ1v) is 6.11. The molecule has 0 aliphatic carbocycles. The molecule has 1 aromatic heterocycles. The average Bonchev–Trinajstić information content (AvgIpc) is 2.86. The van der Waals surface area contributed by atoms with E-state index in [1.807, 2.05) is 0 Å². The van der Waals surface area contributed by atoms with E-state index in [0.29, 0.717) is 18.0 Å². The van der Waals surface area contributed by atoms with Gasteiger partial charge in [0.2, 0.25) is 0 Å². The predicted molar refractivity (Wildman–Crippen MR) is 66.9 cm³/mol. The fraction of sp³-hybridized carbons (Fsp3) is 0.417. The maximum Gasteiger partial charge on any atom is 0.357 e. The van der Waals surface area contributed by atoms with Crippen LogP contribution in [0.4, 0.5) is 0 Å². The third kappa shape index (κ3) is 3.42. The van der Waals surface area contributed by atoms with E-state index in [1.54, 1.807) is 6.07 Å². The van der Waals surface area contributed by atoms with E-state index in [0.717, 1.165) is 0 Å². The van der Waals surface area contributed by atoms with Crippen molar-refractivity contribution >= 4 is 23.5 Å². The molecule has 0 spiro atoms. The lowest BCUT2D eigenvalue weighted by Crippen LogP contribution is -2.31. The van der Waals surface area contributed by atoms with Crippen molar-refractivity contribution in [2.24, 2.45) is 0 Å². The first kappa shape index (κ1) is 13.8. The second kappa shape index (κ2) is 5.99. The Morgan fingerprint density at radius 2 is 2.32 bits per heavy atom. The van der Waals surface area contributed by atoms with Crippen molar-refractivity contribution in [2.45, 2.75) is 18.6 Å². The molecule has 0 aromatic carbocycles. The summed E-state index contributed by atoms with van der Waals surface area (Å²) in [4.78, 5) is 27.0. The van der Waals surface area contributed by atoms with Crippen molar-refractivity contribution in [3.05, 3.63) is 29.0 Å². The monoisotopic (exact) mass is 284 g/mol. The fourth-order valence-electron chi connectivity index (χ4n) is 1.84. The third-order valence-corrected chi connectivity index (χ3v) is 3.02. The number of pyridine rings is 1. The lowest BCUT2D eigenvalue weighted by atomic mass is 10.2. The van der Waals surface area contributed by atoms with Crippen LogP contribution in [0.25, 0.3) is 0 Å². The topological polar surface area (TPSA) is 77.5 Å². The van der Waals surface area contributed by atoms with Gasteiger partial charge in [-0.25, -0.2) is 9.78 Å². The number of nitrogens with zero attached hydrogens (tertiary/aromatic N) is 1. The predicted octanol–water partition coefficient (Wildman–Crippen LogP) is 0.795. The molecule has 102 valence electrons. The molecule has 1 aliphatic rings. The van der Waals surface area contributed by atoms with E-state index >= 15 is 0 Å². The van der Waals surface area contributed by atoms with Gasteiger partial charge >= 0.3 is 11.9 Å². The highest BCUT2D eigenvalue weighted by molar-refractivity contribution is 6.30. The number of hydrogen-bond acceptors (Lipinski definition) is 6. The highest BCUT2D eigenvalue weighted by Crippen LogP contribution is 2.15. The maximum absolute atomic E-state index is 11.8. The number of aromatic nitrogens is 1. The van der Waals surface area contributed by atoms with Crippen molar-refractivity contribution in [3.63, 3.8) is 0 Å². The Morgan fingerprint density at radius 1 is 1.53 bits per heavy atom. The Morgan fingerprint density at radius 3 is 3.00 bits per heavy atom. The summed E-state index contributed by atoms with van der Waals surface area (Å²) in [6.45, 7) is 0.409. The largest absolute Gasteiger partial charge is 0.468 e. The Balaban J connectivity index is 1.92. The third-order valence-electron chi connectivity index (χ3n) is 2.78. The van der Waals surface area contributed by atoms with E-state index in [9.17, 15) is 9.59 Å². The summed E-state index contributed by atoms with van der Waals surface area (Å²) in [5, 5.41) is 3.34. The van der Waals surface area contributed by atoms with E-state index in [1.165, 1.54) is 19.4 Å². The van der Waals surface area contributed by atoms with E-state index in [4.69, 9.17) is 16.3 Å². The van der Waals surface area contributed by atoms with Crippen LogP contribution in [0.3, 0.4) is 0 Å². The van der Waals surface area contributed by atoms with Gasteiger partial charge < -0.3 is 14.8 Å². The summed E-state index contributed by atoms with van der Waals surface area (Å²) in [6.07, 6.45) is 1.44. The zero-order valence-electron chi connectivity index (χ0n) is 10.3. The molecule has 1 saturated heterocycles. The highest BCUT2D eigenvalue weighted by Gasteiger charge is 2.32. The van der Waals surface area contributed by atoms with Crippen molar-refractivity contribution in [3.8, 4) is 0 Å². The number of ether oxygens (including phenoxy) is 2. The standard InChI is InChI=1S/C12H13ClN2O4/c1-18-11(16)10-5-8(6-15-10)19-12(17)9-4-7(13)2-3-14-9/h2-4,8,10,15H,5-6H2,1H3/t8-,10-/m0/s1. The van der Waals surface area contributed by atoms with Gasteiger partial charge in [-0.2, -0.15) is 0 Å². The molecule has 0 saturated carbocycles. The van der Waals surface area contributed by atoms with Gasteiger partial charge in [0.25, 0.3) is 0 Å². The summed E-state index contributed by atoms with van der Waals surface area (Å²) in [6, 6.07) is 2.57.